The maximum Gasteiger partial charge on any atom is 0.354 e. The molecule has 3 aromatic rings. The lowest BCUT2D eigenvalue weighted by molar-refractivity contribution is 0.912. The number of hydrogen-bond donors (Lipinski definition) is 1. The van der Waals surface area contributed by atoms with Crippen LogP contribution in [0.4, 0.5) is 5.82 Å². The van der Waals surface area contributed by atoms with Crippen LogP contribution in [0.2, 0.25) is 5.02 Å². The minimum Gasteiger partial charge on any atom is -0.372 e. The molecule has 2 aromatic carbocycles. The van der Waals surface area contributed by atoms with Crippen LogP contribution in [0.3, 0.4) is 0 Å². The molecule has 0 bridgehead atoms. The van der Waals surface area contributed by atoms with Gasteiger partial charge >= 0.3 is 5.69 Å². The highest BCUT2D eigenvalue weighted by atomic mass is 79.9. The van der Waals surface area contributed by atoms with E-state index in [0.717, 1.165) is 33.8 Å². The maximum absolute atomic E-state index is 12.7. The zero-order valence-corrected chi connectivity index (χ0v) is 15.8. The number of para-hydroxylation sites is 1. The van der Waals surface area contributed by atoms with Crippen molar-refractivity contribution in [3.63, 3.8) is 0 Å². The first-order chi connectivity index (χ1) is 11.6. The minimum absolute atomic E-state index is 0.357. The Morgan fingerprint density at radius 3 is 2.71 bits per heavy atom. The van der Waals surface area contributed by atoms with Crippen LogP contribution in [-0.2, 0) is 6.42 Å². The van der Waals surface area contributed by atoms with E-state index in [9.17, 15) is 4.79 Å². The average molecular weight is 407 g/mol. The number of nitrogens with one attached hydrogen (secondary N) is 1. The van der Waals surface area contributed by atoms with E-state index in [-0.39, 0.29) is 5.69 Å². The Kier molecular flexibility index (Phi) is 4.92. The number of aromatic nitrogens is 2. The number of aryl methyl sites for hydroxylation is 1. The lowest BCUT2D eigenvalue weighted by Gasteiger charge is -2.15. The molecule has 0 aliphatic heterocycles. The molecule has 0 amide bonds. The molecule has 0 atom stereocenters. The third kappa shape index (κ3) is 2.94. The smallest absolute Gasteiger partial charge is 0.354 e. The monoisotopic (exact) mass is 405 g/mol. The second-order valence-electron chi connectivity index (χ2n) is 5.49. The Bertz CT molecular complexity index is 968. The van der Waals surface area contributed by atoms with Crippen LogP contribution >= 0.6 is 27.5 Å². The van der Waals surface area contributed by atoms with Gasteiger partial charge in [-0.3, -0.25) is 4.57 Å². The molecule has 24 heavy (non-hydrogen) atoms. The Morgan fingerprint density at radius 1 is 1.29 bits per heavy atom. The SMILES string of the molecule is CCCc1cc2c(cc1Br)c(NC)nc(=O)n2-c1ccccc1Cl. The van der Waals surface area contributed by atoms with E-state index in [4.69, 9.17) is 11.6 Å². The van der Waals surface area contributed by atoms with E-state index in [0.29, 0.717) is 16.5 Å². The Labute approximate surface area is 153 Å². The number of halogens is 2. The summed E-state index contributed by atoms with van der Waals surface area (Å²) in [6, 6.07) is 11.3. The maximum atomic E-state index is 12.7. The van der Waals surface area contributed by atoms with Crippen molar-refractivity contribution < 1.29 is 0 Å². The zero-order valence-electron chi connectivity index (χ0n) is 13.4. The molecule has 1 heterocycles. The second-order valence-corrected chi connectivity index (χ2v) is 6.75. The third-order valence-corrected chi connectivity index (χ3v) is 4.97. The van der Waals surface area contributed by atoms with E-state index >= 15 is 0 Å². The van der Waals surface area contributed by atoms with Crippen molar-refractivity contribution in [2.45, 2.75) is 19.8 Å². The first-order valence-electron chi connectivity index (χ1n) is 7.74. The fraction of sp³-hybridized carbons (Fsp3) is 0.222. The molecule has 0 saturated heterocycles. The summed E-state index contributed by atoms with van der Waals surface area (Å²) in [5.74, 6) is 0.557. The minimum atomic E-state index is -0.357. The normalized spacial score (nSPS) is 11.0. The molecular formula is C18H17BrClN3O. The van der Waals surface area contributed by atoms with Crippen molar-refractivity contribution in [3.05, 3.63) is 61.9 Å². The molecule has 0 radical (unpaired) electrons. The number of rotatable bonds is 4. The largest absolute Gasteiger partial charge is 0.372 e. The molecule has 0 spiro atoms. The molecule has 0 aliphatic carbocycles. The molecule has 6 heteroatoms. The van der Waals surface area contributed by atoms with Gasteiger partial charge in [-0.1, -0.05) is 53.0 Å². The molecule has 4 nitrogen and oxygen atoms in total. The Balaban J connectivity index is 2.44. The van der Waals surface area contributed by atoms with Gasteiger partial charge in [0.15, 0.2) is 0 Å². The fourth-order valence-corrected chi connectivity index (χ4v) is 3.57. The lowest BCUT2D eigenvalue weighted by atomic mass is 10.1. The van der Waals surface area contributed by atoms with Crippen LogP contribution in [0.1, 0.15) is 18.9 Å². The average Bonchev–Trinajstić information content (AvgIpc) is 2.57. The molecule has 0 unspecified atom stereocenters. The molecule has 0 fully saturated rings. The Morgan fingerprint density at radius 2 is 2.04 bits per heavy atom. The molecule has 1 N–H and O–H groups in total. The van der Waals surface area contributed by atoms with E-state index in [1.807, 2.05) is 30.3 Å². The van der Waals surface area contributed by atoms with Gasteiger partial charge in [0.05, 0.1) is 16.2 Å². The summed E-state index contributed by atoms with van der Waals surface area (Å²) in [6.07, 6.45) is 1.94. The van der Waals surface area contributed by atoms with Gasteiger partial charge in [-0.2, -0.15) is 4.98 Å². The number of fused-ring (bicyclic) bond motifs is 1. The number of anilines is 1. The van der Waals surface area contributed by atoms with Crippen LogP contribution in [0.25, 0.3) is 16.6 Å². The fourth-order valence-electron chi connectivity index (χ4n) is 2.81. The summed E-state index contributed by atoms with van der Waals surface area (Å²) in [6.45, 7) is 2.13. The van der Waals surface area contributed by atoms with E-state index < -0.39 is 0 Å². The highest BCUT2D eigenvalue weighted by Gasteiger charge is 2.15. The standard InChI is InChI=1S/C18H17BrClN3O/c1-3-6-11-9-16-12(10-13(11)19)17(21-2)22-18(24)23(16)15-8-5-4-7-14(15)20/h4-5,7-10H,3,6H2,1-2H3,(H,21,22,24). The summed E-state index contributed by atoms with van der Waals surface area (Å²) < 4.78 is 2.59. The molecule has 0 aliphatic rings. The van der Waals surface area contributed by atoms with Crippen molar-refractivity contribution in [2.24, 2.45) is 0 Å². The predicted molar refractivity (Wildman–Crippen MR) is 104 cm³/mol. The highest BCUT2D eigenvalue weighted by Crippen LogP contribution is 2.30. The molecule has 3 rings (SSSR count). The van der Waals surface area contributed by atoms with Gasteiger partial charge in [0.2, 0.25) is 0 Å². The van der Waals surface area contributed by atoms with E-state index in [1.54, 1.807) is 17.7 Å². The number of benzene rings is 2. The molecule has 0 saturated carbocycles. The third-order valence-electron chi connectivity index (χ3n) is 3.91. The van der Waals surface area contributed by atoms with Crippen LogP contribution in [-0.4, -0.2) is 16.6 Å². The van der Waals surface area contributed by atoms with Crippen molar-refractivity contribution in [1.29, 1.82) is 0 Å². The lowest BCUT2D eigenvalue weighted by Crippen LogP contribution is -2.23. The topological polar surface area (TPSA) is 46.9 Å². The van der Waals surface area contributed by atoms with Gasteiger partial charge in [0, 0.05) is 16.9 Å². The van der Waals surface area contributed by atoms with Crippen molar-refractivity contribution >= 4 is 44.3 Å². The number of nitrogens with zero attached hydrogens (tertiary/aromatic N) is 2. The summed E-state index contributed by atoms with van der Waals surface area (Å²) in [5.41, 5.74) is 2.22. The van der Waals surface area contributed by atoms with Crippen molar-refractivity contribution in [2.75, 3.05) is 12.4 Å². The predicted octanol–water partition coefficient (Wildman–Crippen LogP) is 4.80. The quantitative estimate of drug-likeness (QED) is 0.677. The first kappa shape index (κ1) is 17.0. The van der Waals surface area contributed by atoms with Crippen LogP contribution in [0.15, 0.2) is 45.7 Å². The summed E-state index contributed by atoms with van der Waals surface area (Å²) in [5, 5.41) is 4.38. The van der Waals surface area contributed by atoms with E-state index in [1.165, 1.54) is 0 Å². The van der Waals surface area contributed by atoms with Crippen LogP contribution in [0, 0.1) is 0 Å². The zero-order chi connectivity index (χ0) is 17.3. The molecule has 1 aromatic heterocycles. The van der Waals surface area contributed by atoms with Gasteiger partial charge in [-0.25, -0.2) is 4.79 Å². The summed E-state index contributed by atoms with van der Waals surface area (Å²) >= 11 is 9.95. The van der Waals surface area contributed by atoms with Crippen molar-refractivity contribution in [3.8, 4) is 5.69 Å². The van der Waals surface area contributed by atoms with Gasteiger partial charge in [-0.15, -0.1) is 0 Å². The van der Waals surface area contributed by atoms with Gasteiger partial charge in [-0.05, 0) is 36.2 Å². The van der Waals surface area contributed by atoms with Gasteiger partial charge in [0.25, 0.3) is 0 Å². The number of hydrogen-bond acceptors (Lipinski definition) is 3. The second kappa shape index (κ2) is 6.95. The Hall–Kier alpha value is -1.85. The van der Waals surface area contributed by atoms with Gasteiger partial charge in [0.1, 0.15) is 5.82 Å². The summed E-state index contributed by atoms with van der Waals surface area (Å²) in [4.78, 5) is 16.8. The van der Waals surface area contributed by atoms with Crippen molar-refractivity contribution in [1.82, 2.24) is 9.55 Å². The van der Waals surface area contributed by atoms with Crippen LogP contribution < -0.4 is 11.0 Å². The first-order valence-corrected chi connectivity index (χ1v) is 8.91. The molecule has 124 valence electrons. The molecular weight excluding hydrogens is 390 g/mol. The van der Waals surface area contributed by atoms with E-state index in [2.05, 4.69) is 33.2 Å². The van der Waals surface area contributed by atoms with Crippen LogP contribution in [0.5, 0.6) is 0 Å². The highest BCUT2D eigenvalue weighted by molar-refractivity contribution is 9.10. The van der Waals surface area contributed by atoms with Gasteiger partial charge < -0.3 is 5.32 Å². The summed E-state index contributed by atoms with van der Waals surface area (Å²) in [7, 11) is 1.76.